The van der Waals surface area contributed by atoms with Crippen LogP contribution in [0.5, 0.6) is 0 Å². The van der Waals surface area contributed by atoms with Gasteiger partial charge in [-0.3, -0.25) is 0 Å². The lowest BCUT2D eigenvalue weighted by atomic mass is 10.3. The second kappa shape index (κ2) is 1.84. The van der Waals surface area contributed by atoms with E-state index in [0.717, 1.165) is 11.1 Å². The van der Waals surface area contributed by atoms with Crippen molar-refractivity contribution in [3.63, 3.8) is 0 Å². The lowest BCUT2D eigenvalue weighted by Gasteiger charge is -1.94. The van der Waals surface area contributed by atoms with Gasteiger partial charge in [-0.15, -0.1) is 0 Å². The fourth-order valence-corrected chi connectivity index (χ4v) is 1.01. The number of nitrogens with zero attached hydrogens (tertiary/aromatic N) is 2. The molecule has 0 saturated heterocycles. The van der Waals surface area contributed by atoms with Crippen molar-refractivity contribution < 1.29 is 0 Å². The van der Waals surface area contributed by atoms with Crippen molar-refractivity contribution in [3.05, 3.63) is 43.1 Å². The summed E-state index contributed by atoms with van der Waals surface area (Å²) in [6.07, 6.45) is 3.65. The summed E-state index contributed by atoms with van der Waals surface area (Å²) in [7, 11) is 0. The molecule has 2 aromatic rings. The molecule has 2 aromatic heterocycles. The van der Waals surface area contributed by atoms with Gasteiger partial charge in [-0.25, -0.2) is 4.52 Å². The molecule has 0 fully saturated rings. The highest BCUT2D eigenvalue weighted by Gasteiger charge is 1.93. The Labute approximate surface area is 59.1 Å². The largest absolute Gasteiger partial charge is 0.241 e. The van der Waals surface area contributed by atoms with E-state index >= 15 is 0 Å². The number of rotatable bonds is 0. The molecule has 2 rings (SSSR count). The zero-order valence-corrected chi connectivity index (χ0v) is 5.49. The van der Waals surface area contributed by atoms with E-state index < -0.39 is 0 Å². The van der Waals surface area contributed by atoms with E-state index in [9.17, 15) is 0 Å². The Hall–Kier alpha value is -1.31. The minimum absolute atomic E-state index is 1.01. The lowest BCUT2D eigenvalue weighted by Crippen LogP contribution is -1.88. The molecule has 10 heavy (non-hydrogen) atoms. The predicted molar refractivity (Wildman–Crippen MR) is 39.7 cm³/mol. The van der Waals surface area contributed by atoms with Crippen LogP contribution in [0.4, 0.5) is 0 Å². The van der Waals surface area contributed by atoms with Crippen molar-refractivity contribution in [2.75, 3.05) is 0 Å². The quantitative estimate of drug-likeness (QED) is 0.529. The molecule has 49 valence electrons. The molecule has 0 bridgehead atoms. The monoisotopic (exact) mass is 131 g/mol. The van der Waals surface area contributed by atoms with E-state index in [1.807, 2.05) is 28.9 Å². The second-order valence-corrected chi connectivity index (χ2v) is 2.19. The van der Waals surface area contributed by atoms with Crippen molar-refractivity contribution in [2.45, 2.75) is 0 Å². The van der Waals surface area contributed by atoms with Crippen LogP contribution in [0.2, 0.25) is 0 Å². The maximum absolute atomic E-state index is 4.08. The molecular weight excluding hydrogens is 124 g/mol. The van der Waals surface area contributed by atoms with Gasteiger partial charge in [0, 0.05) is 12.4 Å². The zero-order chi connectivity index (χ0) is 6.97. The summed E-state index contributed by atoms with van der Waals surface area (Å²) < 4.78 is 1.81. The summed E-state index contributed by atoms with van der Waals surface area (Å²) in [5, 5.41) is 4.08. The first-order chi connectivity index (χ1) is 4.88. The Morgan fingerprint density at radius 3 is 3.10 bits per heavy atom. The molecule has 0 unspecified atom stereocenters. The SMILES string of the molecule is [CH2]c1ccnn2cccc12. The van der Waals surface area contributed by atoms with Crippen molar-refractivity contribution in [2.24, 2.45) is 0 Å². The predicted octanol–water partition coefficient (Wildman–Crippen LogP) is 1.52. The summed E-state index contributed by atoms with van der Waals surface area (Å²) in [6.45, 7) is 3.86. The molecular formula is C8H7N2. The third-order valence-electron chi connectivity index (χ3n) is 1.52. The fraction of sp³-hybridized carbons (Fsp3) is 0. The molecule has 0 aromatic carbocycles. The number of hydrogen-bond donors (Lipinski definition) is 0. The van der Waals surface area contributed by atoms with Crippen molar-refractivity contribution >= 4 is 5.52 Å². The molecule has 0 spiro atoms. The Morgan fingerprint density at radius 2 is 2.30 bits per heavy atom. The van der Waals surface area contributed by atoms with E-state index in [1.54, 1.807) is 6.20 Å². The zero-order valence-electron chi connectivity index (χ0n) is 5.49. The molecule has 0 aliphatic heterocycles. The van der Waals surface area contributed by atoms with E-state index in [-0.39, 0.29) is 0 Å². The van der Waals surface area contributed by atoms with Gasteiger partial charge in [0.2, 0.25) is 0 Å². The van der Waals surface area contributed by atoms with Gasteiger partial charge in [-0.1, -0.05) is 0 Å². The highest BCUT2D eigenvalue weighted by molar-refractivity contribution is 5.54. The van der Waals surface area contributed by atoms with E-state index in [1.165, 1.54) is 0 Å². The molecule has 0 atom stereocenters. The third-order valence-corrected chi connectivity index (χ3v) is 1.52. The summed E-state index contributed by atoms with van der Waals surface area (Å²) in [4.78, 5) is 0. The van der Waals surface area contributed by atoms with Crippen LogP contribution < -0.4 is 0 Å². The van der Waals surface area contributed by atoms with Crippen LogP contribution >= 0.6 is 0 Å². The van der Waals surface area contributed by atoms with Gasteiger partial charge in [-0.05, 0) is 30.7 Å². The number of fused-ring (bicyclic) bond motifs is 1. The first-order valence-corrected chi connectivity index (χ1v) is 3.12. The lowest BCUT2D eigenvalue weighted by molar-refractivity contribution is 0.937. The smallest absolute Gasteiger partial charge is 0.0678 e. The van der Waals surface area contributed by atoms with Gasteiger partial charge < -0.3 is 0 Å². The van der Waals surface area contributed by atoms with E-state index in [0.29, 0.717) is 0 Å². The Kier molecular flexibility index (Phi) is 1.01. The van der Waals surface area contributed by atoms with Crippen molar-refractivity contribution in [1.82, 2.24) is 9.61 Å². The molecule has 1 radical (unpaired) electrons. The van der Waals surface area contributed by atoms with Gasteiger partial charge in [0.25, 0.3) is 0 Å². The summed E-state index contributed by atoms with van der Waals surface area (Å²) >= 11 is 0. The minimum Gasteiger partial charge on any atom is -0.241 e. The summed E-state index contributed by atoms with van der Waals surface area (Å²) in [5.41, 5.74) is 2.09. The Bertz CT molecular complexity index is 349. The Balaban J connectivity index is 2.95. The molecule has 2 heteroatoms. The number of hydrogen-bond acceptors (Lipinski definition) is 1. The van der Waals surface area contributed by atoms with Gasteiger partial charge in [0.05, 0.1) is 5.52 Å². The normalized spacial score (nSPS) is 10.5. The second-order valence-electron chi connectivity index (χ2n) is 2.19. The molecule has 0 N–H and O–H groups in total. The van der Waals surface area contributed by atoms with Crippen LogP contribution in [0, 0.1) is 6.92 Å². The molecule has 0 saturated carbocycles. The van der Waals surface area contributed by atoms with Gasteiger partial charge in [-0.2, -0.15) is 5.10 Å². The number of aromatic nitrogens is 2. The summed E-state index contributed by atoms with van der Waals surface area (Å²) in [6, 6.07) is 5.85. The van der Waals surface area contributed by atoms with E-state index in [4.69, 9.17) is 0 Å². The first kappa shape index (κ1) is 5.47. The van der Waals surface area contributed by atoms with Crippen molar-refractivity contribution in [3.8, 4) is 0 Å². The Morgan fingerprint density at radius 1 is 1.40 bits per heavy atom. The molecule has 0 amide bonds. The van der Waals surface area contributed by atoms with Crippen molar-refractivity contribution in [1.29, 1.82) is 0 Å². The van der Waals surface area contributed by atoms with Gasteiger partial charge in [0.1, 0.15) is 0 Å². The van der Waals surface area contributed by atoms with E-state index in [2.05, 4.69) is 12.0 Å². The average Bonchev–Trinajstić information content (AvgIpc) is 2.36. The van der Waals surface area contributed by atoms with Crippen LogP contribution in [0.3, 0.4) is 0 Å². The van der Waals surface area contributed by atoms with Crippen LogP contribution in [0.15, 0.2) is 30.6 Å². The molecule has 0 aliphatic rings. The van der Waals surface area contributed by atoms with Crippen LogP contribution in [-0.4, -0.2) is 9.61 Å². The van der Waals surface area contributed by atoms with Gasteiger partial charge in [0.15, 0.2) is 0 Å². The first-order valence-electron chi connectivity index (χ1n) is 3.12. The highest BCUT2D eigenvalue weighted by atomic mass is 15.2. The van der Waals surface area contributed by atoms with Gasteiger partial charge >= 0.3 is 0 Å². The third kappa shape index (κ3) is 0.620. The molecule has 2 heterocycles. The van der Waals surface area contributed by atoms with Crippen LogP contribution in [0.25, 0.3) is 5.52 Å². The maximum Gasteiger partial charge on any atom is 0.0678 e. The molecule has 0 aliphatic carbocycles. The van der Waals surface area contributed by atoms with Crippen LogP contribution in [0.1, 0.15) is 5.56 Å². The standard InChI is InChI=1S/C8H7N2/c1-7-4-5-9-10-6-2-3-8(7)10/h2-6H,1H2. The van der Waals surface area contributed by atoms with Crippen LogP contribution in [-0.2, 0) is 0 Å². The summed E-state index contributed by atoms with van der Waals surface area (Å²) in [5.74, 6) is 0. The minimum atomic E-state index is 1.01. The fourth-order valence-electron chi connectivity index (χ4n) is 1.01. The topological polar surface area (TPSA) is 17.3 Å². The molecule has 2 nitrogen and oxygen atoms in total. The maximum atomic E-state index is 4.08. The average molecular weight is 131 g/mol. The highest BCUT2D eigenvalue weighted by Crippen LogP contribution is 2.06.